The predicted molar refractivity (Wildman–Crippen MR) is 45.7 cm³/mol. The summed E-state index contributed by atoms with van der Waals surface area (Å²) < 4.78 is 1.58. The fourth-order valence-electron chi connectivity index (χ4n) is 1.38. The molecule has 0 radical (unpaired) electrons. The van der Waals surface area contributed by atoms with Crippen LogP contribution in [-0.4, -0.2) is 33.4 Å². The third-order valence-electron chi connectivity index (χ3n) is 2.01. The number of anilines is 1. The van der Waals surface area contributed by atoms with Crippen LogP contribution in [0.5, 0.6) is 0 Å². The zero-order valence-corrected chi connectivity index (χ0v) is 6.90. The van der Waals surface area contributed by atoms with Crippen molar-refractivity contribution in [2.45, 2.75) is 12.6 Å². The molecule has 0 aromatic carbocycles. The maximum atomic E-state index is 10.7. The summed E-state index contributed by atoms with van der Waals surface area (Å²) in [7, 11) is 0. The molecule has 0 spiro atoms. The zero-order chi connectivity index (χ0) is 9.42. The van der Waals surface area contributed by atoms with Gasteiger partial charge in [-0.3, -0.25) is 0 Å². The number of rotatable bonds is 1. The zero-order valence-electron chi connectivity index (χ0n) is 6.90. The van der Waals surface area contributed by atoms with Crippen molar-refractivity contribution in [3.63, 3.8) is 0 Å². The van der Waals surface area contributed by atoms with Crippen LogP contribution >= 0.6 is 0 Å². The van der Waals surface area contributed by atoms with E-state index in [1.165, 1.54) is 6.20 Å². The van der Waals surface area contributed by atoms with Crippen LogP contribution in [0.2, 0.25) is 0 Å². The van der Waals surface area contributed by atoms with Gasteiger partial charge >= 0.3 is 5.97 Å². The molecule has 70 valence electrons. The molecule has 1 aromatic rings. The molecular weight excluding hydrogens is 172 g/mol. The number of carboxylic acids is 1. The average molecular weight is 182 g/mol. The number of aromatic carboxylic acids is 1. The minimum absolute atomic E-state index is 0.00551. The lowest BCUT2D eigenvalue weighted by Crippen LogP contribution is -2.39. The number of nitrogens with zero attached hydrogens (tertiary/aromatic N) is 2. The van der Waals surface area contributed by atoms with E-state index >= 15 is 0 Å². The van der Waals surface area contributed by atoms with Gasteiger partial charge in [0.05, 0.1) is 12.7 Å². The molecule has 6 heteroatoms. The fourth-order valence-corrected chi connectivity index (χ4v) is 1.38. The molecule has 2 heterocycles. The normalized spacial score (nSPS) is 20.5. The Morgan fingerprint density at radius 3 is 3.31 bits per heavy atom. The van der Waals surface area contributed by atoms with E-state index in [0.29, 0.717) is 18.9 Å². The molecule has 1 aliphatic heterocycles. The van der Waals surface area contributed by atoms with E-state index in [9.17, 15) is 4.79 Å². The Balaban J connectivity index is 2.39. The number of hydrogen-bond donors (Lipinski definition) is 3. The summed E-state index contributed by atoms with van der Waals surface area (Å²) in [6.45, 7) is 1.15. The lowest BCUT2D eigenvalue weighted by molar-refractivity contribution is 0.0697. The first kappa shape index (κ1) is 8.06. The van der Waals surface area contributed by atoms with Crippen LogP contribution in [0.25, 0.3) is 0 Å². The standard InChI is InChI=1S/C7H10N4O2/c8-4-1-9-6-5(7(12)13)2-10-11(6)3-4/h2,4,9H,1,3,8H2,(H,12,13). The number of carboxylic acid groups (broad SMARTS) is 1. The Morgan fingerprint density at radius 2 is 2.62 bits per heavy atom. The van der Waals surface area contributed by atoms with Gasteiger partial charge in [-0.1, -0.05) is 0 Å². The van der Waals surface area contributed by atoms with Gasteiger partial charge in [0.1, 0.15) is 11.4 Å². The number of aromatic nitrogens is 2. The van der Waals surface area contributed by atoms with E-state index in [2.05, 4.69) is 10.4 Å². The third-order valence-corrected chi connectivity index (χ3v) is 2.01. The highest BCUT2D eigenvalue weighted by molar-refractivity contribution is 5.93. The first-order valence-electron chi connectivity index (χ1n) is 3.97. The van der Waals surface area contributed by atoms with E-state index < -0.39 is 5.97 Å². The first-order valence-corrected chi connectivity index (χ1v) is 3.97. The maximum absolute atomic E-state index is 10.7. The second-order valence-corrected chi connectivity index (χ2v) is 3.04. The average Bonchev–Trinajstić information content (AvgIpc) is 2.46. The quantitative estimate of drug-likeness (QED) is 0.535. The first-order chi connectivity index (χ1) is 6.18. The number of nitrogens with two attached hydrogens (primary N) is 1. The van der Waals surface area contributed by atoms with E-state index in [-0.39, 0.29) is 11.6 Å². The van der Waals surface area contributed by atoms with Crippen LogP contribution in [0.4, 0.5) is 5.82 Å². The SMILES string of the molecule is NC1CNc2c(C(=O)O)cnn2C1. The molecule has 0 fully saturated rings. The van der Waals surface area contributed by atoms with Gasteiger partial charge in [-0.05, 0) is 0 Å². The highest BCUT2D eigenvalue weighted by Crippen LogP contribution is 2.18. The molecule has 0 bridgehead atoms. The molecule has 1 unspecified atom stereocenters. The van der Waals surface area contributed by atoms with E-state index in [4.69, 9.17) is 10.8 Å². The van der Waals surface area contributed by atoms with Gasteiger partial charge in [0.15, 0.2) is 0 Å². The summed E-state index contributed by atoms with van der Waals surface area (Å²) in [5, 5.41) is 15.6. The van der Waals surface area contributed by atoms with Gasteiger partial charge < -0.3 is 16.2 Å². The number of hydrogen-bond acceptors (Lipinski definition) is 4. The van der Waals surface area contributed by atoms with E-state index in [1.807, 2.05) is 0 Å². The molecule has 13 heavy (non-hydrogen) atoms. The van der Waals surface area contributed by atoms with Crippen molar-refractivity contribution in [2.24, 2.45) is 5.73 Å². The van der Waals surface area contributed by atoms with Crippen LogP contribution in [0, 0.1) is 0 Å². The van der Waals surface area contributed by atoms with Gasteiger partial charge in [-0.2, -0.15) is 5.10 Å². The highest BCUT2D eigenvalue weighted by Gasteiger charge is 2.21. The lowest BCUT2D eigenvalue weighted by atomic mass is 10.2. The third kappa shape index (κ3) is 1.25. The molecule has 0 saturated carbocycles. The molecule has 1 atom stereocenters. The number of carbonyl (C=O) groups is 1. The van der Waals surface area contributed by atoms with Crippen LogP contribution in [-0.2, 0) is 6.54 Å². The Hall–Kier alpha value is -1.56. The van der Waals surface area contributed by atoms with Gasteiger partial charge in [0, 0.05) is 12.6 Å². The second kappa shape index (κ2) is 2.74. The number of nitrogens with one attached hydrogen (secondary N) is 1. The largest absolute Gasteiger partial charge is 0.477 e. The van der Waals surface area contributed by atoms with E-state index in [1.54, 1.807) is 4.68 Å². The van der Waals surface area contributed by atoms with Crippen molar-refractivity contribution < 1.29 is 9.90 Å². The van der Waals surface area contributed by atoms with Crippen molar-refractivity contribution in [1.82, 2.24) is 9.78 Å². The van der Waals surface area contributed by atoms with Crippen LogP contribution in [0.3, 0.4) is 0 Å². The molecule has 1 aromatic heterocycles. The Labute approximate surface area is 74.3 Å². The van der Waals surface area contributed by atoms with Crippen molar-refractivity contribution in [3.05, 3.63) is 11.8 Å². The minimum atomic E-state index is -0.968. The molecular formula is C7H10N4O2. The van der Waals surface area contributed by atoms with Crippen molar-refractivity contribution >= 4 is 11.8 Å². The lowest BCUT2D eigenvalue weighted by Gasteiger charge is -2.21. The van der Waals surface area contributed by atoms with Crippen LogP contribution in [0.1, 0.15) is 10.4 Å². The molecule has 6 nitrogen and oxygen atoms in total. The Morgan fingerprint density at radius 1 is 1.85 bits per heavy atom. The summed E-state index contributed by atoms with van der Waals surface area (Å²) in [6, 6.07) is -0.00551. The van der Waals surface area contributed by atoms with Gasteiger partial charge in [-0.15, -0.1) is 0 Å². The Bertz CT molecular complexity index is 346. The summed E-state index contributed by atoms with van der Waals surface area (Å²) in [5.41, 5.74) is 5.87. The highest BCUT2D eigenvalue weighted by atomic mass is 16.4. The van der Waals surface area contributed by atoms with Gasteiger partial charge in [0.25, 0.3) is 0 Å². The monoisotopic (exact) mass is 182 g/mol. The molecule has 0 saturated heterocycles. The van der Waals surface area contributed by atoms with E-state index in [0.717, 1.165) is 0 Å². The van der Waals surface area contributed by atoms with Crippen LogP contribution < -0.4 is 11.1 Å². The smallest absolute Gasteiger partial charge is 0.341 e. The molecule has 4 N–H and O–H groups in total. The van der Waals surface area contributed by atoms with Crippen molar-refractivity contribution in [1.29, 1.82) is 0 Å². The number of fused-ring (bicyclic) bond motifs is 1. The van der Waals surface area contributed by atoms with Gasteiger partial charge in [0.2, 0.25) is 0 Å². The maximum Gasteiger partial charge on any atom is 0.341 e. The summed E-state index contributed by atoms with van der Waals surface area (Å²) >= 11 is 0. The Kier molecular flexibility index (Phi) is 1.70. The molecule has 0 aliphatic carbocycles. The van der Waals surface area contributed by atoms with Crippen LogP contribution in [0.15, 0.2) is 6.20 Å². The summed E-state index contributed by atoms with van der Waals surface area (Å²) in [6.07, 6.45) is 1.34. The molecule has 0 amide bonds. The van der Waals surface area contributed by atoms with Gasteiger partial charge in [-0.25, -0.2) is 9.48 Å². The van der Waals surface area contributed by atoms with Crippen molar-refractivity contribution in [3.8, 4) is 0 Å². The predicted octanol–water partition coefficient (Wildman–Crippen LogP) is -0.666. The fraction of sp³-hybridized carbons (Fsp3) is 0.429. The van der Waals surface area contributed by atoms with Crippen molar-refractivity contribution in [2.75, 3.05) is 11.9 Å². The topological polar surface area (TPSA) is 93.2 Å². The molecule has 1 aliphatic rings. The minimum Gasteiger partial charge on any atom is -0.477 e. The molecule has 2 rings (SSSR count). The summed E-state index contributed by atoms with van der Waals surface area (Å²) in [5.74, 6) is -0.418. The second-order valence-electron chi connectivity index (χ2n) is 3.04. The summed E-state index contributed by atoms with van der Waals surface area (Å²) in [4.78, 5) is 10.7.